The maximum atomic E-state index is 13.6. The van der Waals surface area contributed by atoms with E-state index in [1.165, 1.54) is 33.8 Å². The van der Waals surface area contributed by atoms with Gasteiger partial charge in [-0.2, -0.15) is 0 Å². The van der Waals surface area contributed by atoms with Gasteiger partial charge in [0.25, 0.3) is 0 Å². The summed E-state index contributed by atoms with van der Waals surface area (Å²) < 4.78 is 17.1. The molecule has 268 valence electrons. The number of ether oxygens (including phenoxy) is 3. The molecule has 0 saturated heterocycles. The average molecular weight is 719 g/mol. The Morgan fingerprint density at radius 2 is 1.08 bits per heavy atom. The molecule has 3 aromatic carbocycles. The lowest BCUT2D eigenvalue weighted by Crippen LogP contribution is -2.46. The molecule has 0 radical (unpaired) electrons. The van der Waals surface area contributed by atoms with Crippen molar-refractivity contribution < 1.29 is 53.5 Å². The van der Waals surface area contributed by atoms with Gasteiger partial charge in [0.05, 0.1) is 11.1 Å². The molecule has 3 aromatic rings. The van der Waals surface area contributed by atoms with Gasteiger partial charge in [-0.25, -0.2) is 19.2 Å². The predicted octanol–water partition coefficient (Wildman–Crippen LogP) is 7.07. The van der Waals surface area contributed by atoms with Crippen molar-refractivity contribution in [1.29, 1.82) is 0 Å². The SMILES string of the molecule is CC1=CC(=O)C=C(C)C1(O)C(=O)Oc1c(C)c(C)c(C(=O)Oc2cc(C)c(C(=O)Oc3c(C)c(C)c(C(=O)O)c(C)c3C)c(C)c2C)c(O)c1Cl. The van der Waals surface area contributed by atoms with E-state index in [-0.39, 0.29) is 56.2 Å². The van der Waals surface area contributed by atoms with Gasteiger partial charge in [0, 0.05) is 0 Å². The van der Waals surface area contributed by atoms with Gasteiger partial charge < -0.3 is 29.5 Å². The highest BCUT2D eigenvalue weighted by atomic mass is 35.5. The quantitative estimate of drug-likeness (QED) is 0.168. The van der Waals surface area contributed by atoms with E-state index >= 15 is 0 Å². The van der Waals surface area contributed by atoms with Crippen LogP contribution in [0.3, 0.4) is 0 Å². The van der Waals surface area contributed by atoms with Gasteiger partial charge in [0.15, 0.2) is 17.3 Å². The first-order valence-corrected chi connectivity index (χ1v) is 16.2. The van der Waals surface area contributed by atoms with E-state index in [0.717, 1.165) is 12.2 Å². The van der Waals surface area contributed by atoms with Gasteiger partial charge in [0.2, 0.25) is 5.60 Å². The van der Waals surface area contributed by atoms with E-state index in [0.29, 0.717) is 38.9 Å². The van der Waals surface area contributed by atoms with Crippen LogP contribution < -0.4 is 14.2 Å². The van der Waals surface area contributed by atoms with Crippen LogP contribution in [0.2, 0.25) is 5.02 Å². The summed E-state index contributed by atoms with van der Waals surface area (Å²) in [6, 6.07) is 1.48. The maximum Gasteiger partial charge on any atom is 0.352 e. The van der Waals surface area contributed by atoms with E-state index in [4.69, 9.17) is 25.8 Å². The lowest BCUT2D eigenvalue weighted by Gasteiger charge is -2.30. The van der Waals surface area contributed by atoms with Gasteiger partial charge in [0.1, 0.15) is 22.1 Å². The van der Waals surface area contributed by atoms with E-state index in [1.54, 1.807) is 48.5 Å². The number of carboxylic acids is 1. The summed E-state index contributed by atoms with van der Waals surface area (Å²) >= 11 is 6.44. The van der Waals surface area contributed by atoms with Gasteiger partial charge in [-0.05, 0) is 156 Å². The molecule has 0 unspecified atom stereocenters. The summed E-state index contributed by atoms with van der Waals surface area (Å²) in [5, 5.41) is 31.4. The van der Waals surface area contributed by atoms with Gasteiger partial charge in [-0.1, -0.05) is 11.6 Å². The molecule has 0 aromatic heterocycles. The van der Waals surface area contributed by atoms with Gasteiger partial charge >= 0.3 is 23.9 Å². The fraction of sp³-hybridized carbons (Fsp3) is 0.308. The Labute approximate surface area is 300 Å². The minimum absolute atomic E-state index is 0.0393. The summed E-state index contributed by atoms with van der Waals surface area (Å²) in [5.74, 6) is -4.96. The molecule has 0 spiro atoms. The van der Waals surface area contributed by atoms with Crippen LogP contribution in [0.1, 0.15) is 95.0 Å². The zero-order valence-corrected chi connectivity index (χ0v) is 31.0. The Morgan fingerprint density at radius 3 is 1.59 bits per heavy atom. The number of esters is 3. The first-order chi connectivity index (χ1) is 23.6. The van der Waals surface area contributed by atoms with Gasteiger partial charge in [-0.3, -0.25) is 4.79 Å². The number of benzene rings is 3. The highest BCUT2D eigenvalue weighted by molar-refractivity contribution is 6.34. The van der Waals surface area contributed by atoms with Crippen LogP contribution in [0.5, 0.6) is 23.0 Å². The highest BCUT2D eigenvalue weighted by Gasteiger charge is 2.45. The molecular weight excluding hydrogens is 680 g/mol. The highest BCUT2D eigenvalue weighted by Crippen LogP contribution is 2.44. The van der Waals surface area contributed by atoms with Crippen molar-refractivity contribution >= 4 is 41.3 Å². The predicted molar refractivity (Wildman–Crippen MR) is 189 cm³/mol. The molecule has 0 aliphatic heterocycles. The first kappa shape index (κ1) is 38.5. The number of carboxylic acid groups (broad SMARTS) is 1. The lowest BCUT2D eigenvalue weighted by molar-refractivity contribution is -0.148. The summed E-state index contributed by atoms with van der Waals surface area (Å²) in [6.07, 6.45) is 2.22. The minimum atomic E-state index is -2.25. The largest absolute Gasteiger partial charge is 0.505 e. The number of ketones is 1. The van der Waals surface area contributed by atoms with Crippen LogP contribution in [-0.2, 0) is 9.59 Å². The molecule has 3 N–H and O–H groups in total. The first-order valence-electron chi connectivity index (χ1n) is 15.8. The van der Waals surface area contributed by atoms with Crippen LogP contribution in [-0.4, -0.2) is 50.6 Å². The van der Waals surface area contributed by atoms with E-state index in [9.17, 15) is 39.3 Å². The van der Waals surface area contributed by atoms with E-state index in [1.807, 2.05) is 0 Å². The maximum absolute atomic E-state index is 13.6. The average Bonchev–Trinajstić information content (AvgIpc) is 3.04. The van der Waals surface area contributed by atoms with E-state index < -0.39 is 46.0 Å². The number of hydrogen-bond acceptors (Lipinski definition) is 10. The molecule has 0 heterocycles. The number of phenolic OH excluding ortho intramolecular Hbond substituents is 1. The molecule has 11 nitrogen and oxygen atoms in total. The zero-order chi connectivity index (χ0) is 38.6. The second-order valence-electron chi connectivity index (χ2n) is 12.9. The smallest absolute Gasteiger partial charge is 0.352 e. The lowest BCUT2D eigenvalue weighted by atomic mass is 9.82. The fourth-order valence-electron chi connectivity index (χ4n) is 6.28. The third kappa shape index (κ3) is 6.43. The minimum Gasteiger partial charge on any atom is -0.505 e. The standard InChI is InChI=1S/C39H39ClO11/c1-15-12-27(18(4)19(5)28(15)36(45)50-33-23(9)20(6)29(35(43)44)21(7)24(33)10)49-37(46)30-22(8)25(11)34(31(40)32(30)42)51-38(47)39(48)16(2)13-26(41)14-17(39)3/h12-14,42,48H,1-11H3,(H,43,44). The number of aromatic carboxylic acids is 1. The number of rotatable bonds is 7. The number of carbonyl (C=O) groups is 5. The van der Waals surface area contributed by atoms with Crippen molar-refractivity contribution in [2.45, 2.75) is 81.8 Å². The second kappa shape index (κ2) is 13.8. The number of hydrogen-bond donors (Lipinski definition) is 3. The second-order valence-corrected chi connectivity index (χ2v) is 13.3. The monoisotopic (exact) mass is 718 g/mol. The van der Waals surface area contributed by atoms with Crippen LogP contribution in [0.25, 0.3) is 0 Å². The molecular formula is C39H39ClO11. The molecule has 12 heteroatoms. The Balaban J connectivity index is 1.66. The third-order valence-electron chi connectivity index (χ3n) is 9.90. The van der Waals surface area contributed by atoms with E-state index in [2.05, 4.69) is 0 Å². The Hall–Kier alpha value is -5.26. The number of carbonyl (C=O) groups excluding carboxylic acids is 4. The van der Waals surface area contributed by atoms with Crippen molar-refractivity contribution in [2.24, 2.45) is 0 Å². The summed E-state index contributed by atoms with van der Waals surface area (Å²) in [7, 11) is 0. The van der Waals surface area contributed by atoms with Crippen molar-refractivity contribution in [3.8, 4) is 23.0 Å². The third-order valence-corrected chi connectivity index (χ3v) is 10.2. The number of phenols is 1. The van der Waals surface area contributed by atoms with Crippen LogP contribution in [0.15, 0.2) is 29.4 Å². The number of halogens is 1. The molecule has 0 saturated carbocycles. The van der Waals surface area contributed by atoms with Crippen LogP contribution >= 0.6 is 11.6 Å². The fourth-order valence-corrected chi connectivity index (χ4v) is 6.55. The molecule has 0 amide bonds. The summed E-state index contributed by atoms with van der Waals surface area (Å²) in [6.45, 7) is 17.4. The van der Waals surface area contributed by atoms with Crippen molar-refractivity contribution in [3.05, 3.63) is 101 Å². The molecule has 1 aliphatic rings. The summed E-state index contributed by atoms with van der Waals surface area (Å²) in [5.41, 5.74) is 1.61. The van der Waals surface area contributed by atoms with Crippen LogP contribution in [0, 0.1) is 62.3 Å². The molecule has 4 rings (SSSR count). The number of aromatic hydroxyl groups is 1. The normalized spacial score (nSPS) is 13.7. The van der Waals surface area contributed by atoms with Crippen molar-refractivity contribution in [1.82, 2.24) is 0 Å². The van der Waals surface area contributed by atoms with Crippen LogP contribution in [0.4, 0.5) is 0 Å². The van der Waals surface area contributed by atoms with Crippen molar-refractivity contribution in [2.75, 3.05) is 0 Å². The Bertz CT molecular complexity index is 2090. The Kier molecular flexibility index (Phi) is 10.4. The number of allylic oxidation sites excluding steroid dienone is 2. The molecule has 1 aliphatic carbocycles. The van der Waals surface area contributed by atoms with Crippen molar-refractivity contribution in [3.63, 3.8) is 0 Å². The zero-order valence-electron chi connectivity index (χ0n) is 30.2. The molecule has 0 atom stereocenters. The Morgan fingerprint density at radius 1 is 0.627 bits per heavy atom. The molecule has 0 bridgehead atoms. The molecule has 0 fully saturated rings. The summed E-state index contributed by atoms with van der Waals surface area (Å²) in [4.78, 5) is 64.1. The molecule has 51 heavy (non-hydrogen) atoms. The topological polar surface area (TPSA) is 174 Å². The van der Waals surface area contributed by atoms with Gasteiger partial charge in [-0.15, -0.1) is 0 Å². The number of aliphatic hydroxyl groups is 1. The number of aryl methyl sites for hydroxylation is 1.